The Kier molecular flexibility index (Phi) is 10.6. The molecule has 0 aromatic heterocycles. The van der Waals surface area contributed by atoms with Crippen molar-refractivity contribution in [3.8, 4) is 0 Å². The Bertz CT molecular complexity index is 695. The molecule has 0 spiro atoms. The summed E-state index contributed by atoms with van der Waals surface area (Å²) >= 11 is 0. The maximum atomic E-state index is 12.6. The lowest BCUT2D eigenvalue weighted by atomic mass is 9.95. The molecule has 0 bridgehead atoms. The van der Waals surface area contributed by atoms with E-state index in [9.17, 15) is 4.79 Å². The summed E-state index contributed by atoms with van der Waals surface area (Å²) in [5, 5.41) is 0.267. The molecular formula is C28H54O3Si2. The highest BCUT2D eigenvalue weighted by atomic mass is 28.4. The van der Waals surface area contributed by atoms with Gasteiger partial charge in [0.25, 0.3) is 0 Å². The molecule has 0 N–H and O–H groups in total. The van der Waals surface area contributed by atoms with Crippen LogP contribution < -0.4 is 0 Å². The van der Waals surface area contributed by atoms with Crippen LogP contribution >= 0.6 is 0 Å². The molecule has 3 nitrogen and oxygen atoms in total. The van der Waals surface area contributed by atoms with E-state index in [0.29, 0.717) is 17.9 Å². The molecule has 0 saturated heterocycles. The summed E-state index contributed by atoms with van der Waals surface area (Å²) in [7, 11) is -3.90. The van der Waals surface area contributed by atoms with Gasteiger partial charge in [0.2, 0.25) is 0 Å². The largest absolute Gasteiger partial charge is 0.413 e. The predicted molar refractivity (Wildman–Crippen MR) is 149 cm³/mol. The van der Waals surface area contributed by atoms with Crippen LogP contribution in [0.2, 0.25) is 36.3 Å². The standard InChI is InChI=1S/C28H54O3Si2/c1-14-15-16-21(2)19-23(30-32(10,11)27(4,5)6)17-18-24-22(3)25(29)20-26(24)31-33(12,13)28(7,8)9/h17-18,21,23-24,26H,3,14-16,19-20H2,1-2,4-13H3/t21?,23-,24+,26+/m1/s1. The molecule has 1 rings (SSSR count). The van der Waals surface area contributed by atoms with Crippen LogP contribution in [0.4, 0.5) is 0 Å². The topological polar surface area (TPSA) is 35.5 Å². The third-order valence-electron chi connectivity index (χ3n) is 8.27. The maximum Gasteiger partial charge on any atom is 0.192 e. The van der Waals surface area contributed by atoms with E-state index >= 15 is 0 Å². The Morgan fingerprint density at radius 2 is 1.61 bits per heavy atom. The van der Waals surface area contributed by atoms with Crippen molar-refractivity contribution in [3.05, 3.63) is 24.3 Å². The smallest absolute Gasteiger partial charge is 0.192 e. The second-order valence-corrected chi connectivity index (χ2v) is 22.9. The first-order chi connectivity index (χ1) is 14.8. The first kappa shape index (κ1) is 30.5. The Labute approximate surface area is 208 Å². The Morgan fingerprint density at radius 1 is 1.06 bits per heavy atom. The number of unbranched alkanes of at least 4 members (excludes halogenated alkanes) is 1. The lowest BCUT2D eigenvalue weighted by molar-refractivity contribution is -0.115. The zero-order valence-electron chi connectivity index (χ0n) is 23.9. The Hall–Kier alpha value is -0.496. The lowest BCUT2D eigenvalue weighted by Crippen LogP contribution is -2.45. The average molecular weight is 495 g/mol. The molecule has 0 heterocycles. The highest BCUT2D eigenvalue weighted by Crippen LogP contribution is 2.42. The minimum atomic E-state index is -1.98. The van der Waals surface area contributed by atoms with Crippen molar-refractivity contribution in [1.29, 1.82) is 0 Å². The zero-order chi connectivity index (χ0) is 25.8. The Morgan fingerprint density at radius 3 is 2.09 bits per heavy atom. The van der Waals surface area contributed by atoms with E-state index in [1.54, 1.807) is 0 Å². The van der Waals surface area contributed by atoms with E-state index in [4.69, 9.17) is 8.85 Å². The maximum absolute atomic E-state index is 12.6. The second kappa shape index (κ2) is 11.5. The van der Waals surface area contributed by atoms with Gasteiger partial charge in [-0.2, -0.15) is 0 Å². The molecule has 1 saturated carbocycles. The second-order valence-electron chi connectivity index (χ2n) is 13.4. The Balaban J connectivity index is 3.15. The normalized spacial score (nSPS) is 22.9. The van der Waals surface area contributed by atoms with E-state index in [0.717, 1.165) is 6.42 Å². The summed E-state index contributed by atoms with van der Waals surface area (Å²) in [6, 6.07) is 0. The SMILES string of the molecule is C=C1C(=O)C[C@H](O[Si](C)(C)C(C)(C)C)[C@H]1C=C[C@H](CC(C)CCCC)O[Si](C)(C)C(C)(C)C. The number of hydrogen-bond acceptors (Lipinski definition) is 3. The van der Waals surface area contributed by atoms with Gasteiger partial charge in [0.15, 0.2) is 22.4 Å². The van der Waals surface area contributed by atoms with Crippen molar-refractivity contribution in [3.63, 3.8) is 0 Å². The van der Waals surface area contributed by atoms with Gasteiger partial charge in [0, 0.05) is 12.3 Å². The fourth-order valence-electron chi connectivity index (χ4n) is 3.79. The van der Waals surface area contributed by atoms with Crippen LogP contribution in [-0.2, 0) is 13.6 Å². The van der Waals surface area contributed by atoms with Crippen LogP contribution in [-0.4, -0.2) is 34.6 Å². The van der Waals surface area contributed by atoms with Gasteiger partial charge in [-0.25, -0.2) is 0 Å². The van der Waals surface area contributed by atoms with Crippen LogP contribution in [0.1, 0.15) is 87.5 Å². The quantitative estimate of drug-likeness (QED) is 0.164. The minimum absolute atomic E-state index is 0.0527. The van der Waals surface area contributed by atoms with Gasteiger partial charge < -0.3 is 8.85 Å². The fraction of sp³-hybridized carbons (Fsp3) is 0.821. The monoisotopic (exact) mass is 494 g/mol. The van der Waals surface area contributed by atoms with Crippen molar-refractivity contribution >= 4 is 22.4 Å². The van der Waals surface area contributed by atoms with Crippen molar-refractivity contribution in [1.82, 2.24) is 0 Å². The molecule has 0 radical (unpaired) electrons. The third kappa shape index (κ3) is 8.59. The van der Waals surface area contributed by atoms with Crippen molar-refractivity contribution in [2.24, 2.45) is 11.8 Å². The minimum Gasteiger partial charge on any atom is -0.413 e. The molecule has 1 aliphatic carbocycles. The van der Waals surface area contributed by atoms with E-state index in [1.165, 1.54) is 19.3 Å². The molecule has 33 heavy (non-hydrogen) atoms. The first-order valence-corrected chi connectivity index (χ1v) is 18.9. The molecule has 0 aromatic carbocycles. The van der Waals surface area contributed by atoms with Gasteiger partial charge in [-0.15, -0.1) is 0 Å². The number of Topliss-reactive ketones (excluding diaryl/α,β-unsaturated/α-hetero) is 1. The van der Waals surface area contributed by atoms with Gasteiger partial charge in [0.1, 0.15) is 0 Å². The summed E-state index contributed by atoms with van der Waals surface area (Å²) < 4.78 is 13.6. The highest BCUT2D eigenvalue weighted by molar-refractivity contribution is 6.74. The van der Waals surface area contributed by atoms with Crippen LogP contribution in [0.3, 0.4) is 0 Å². The first-order valence-electron chi connectivity index (χ1n) is 13.1. The number of rotatable bonds is 11. The molecule has 1 unspecified atom stereocenters. The number of carbonyl (C=O) groups excluding carboxylic acids is 1. The molecule has 1 fully saturated rings. The van der Waals surface area contributed by atoms with Gasteiger partial charge in [0.05, 0.1) is 12.2 Å². The molecule has 5 heteroatoms. The summed E-state index contributed by atoms with van der Waals surface area (Å²) in [5.74, 6) is 0.701. The van der Waals surface area contributed by atoms with E-state index in [2.05, 4.69) is 100 Å². The van der Waals surface area contributed by atoms with E-state index in [1.807, 2.05) is 0 Å². The fourth-order valence-corrected chi connectivity index (χ4v) is 6.42. The lowest BCUT2D eigenvalue weighted by Gasteiger charge is -2.40. The molecule has 1 aliphatic rings. The van der Waals surface area contributed by atoms with E-state index in [-0.39, 0.29) is 34.0 Å². The molecule has 192 valence electrons. The van der Waals surface area contributed by atoms with Crippen LogP contribution in [0.5, 0.6) is 0 Å². The predicted octanol–water partition coefficient (Wildman–Crippen LogP) is 8.69. The number of carbonyl (C=O) groups is 1. The zero-order valence-corrected chi connectivity index (χ0v) is 25.9. The molecule has 4 atom stereocenters. The van der Waals surface area contributed by atoms with Crippen LogP contribution in [0.15, 0.2) is 24.3 Å². The highest BCUT2D eigenvalue weighted by Gasteiger charge is 2.45. The molecule has 0 amide bonds. The summed E-state index contributed by atoms with van der Waals surface area (Å²) in [5.41, 5.74) is 0.695. The third-order valence-corrected chi connectivity index (χ3v) is 17.3. The summed E-state index contributed by atoms with van der Waals surface area (Å²) in [6.45, 7) is 31.5. The van der Waals surface area contributed by atoms with Gasteiger partial charge in [-0.05, 0) is 54.2 Å². The van der Waals surface area contributed by atoms with E-state index < -0.39 is 16.6 Å². The summed E-state index contributed by atoms with van der Waals surface area (Å²) in [6.07, 6.45) is 9.56. The van der Waals surface area contributed by atoms with Crippen molar-refractivity contribution in [2.45, 2.75) is 136 Å². The van der Waals surface area contributed by atoms with Gasteiger partial charge in [-0.1, -0.05) is 93.4 Å². The van der Waals surface area contributed by atoms with Crippen molar-refractivity contribution in [2.75, 3.05) is 0 Å². The molecule has 0 aromatic rings. The average Bonchev–Trinajstić information content (AvgIpc) is 2.88. The molecule has 0 aliphatic heterocycles. The van der Waals surface area contributed by atoms with Gasteiger partial charge in [-0.3, -0.25) is 4.79 Å². The van der Waals surface area contributed by atoms with Crippen LogP contribution in [0, 0.1) is 11.8 Å². The van der Waals surface area contributed by atoms with Crippen LogP contribution in [0.25, 0.3) is 0 Å². The summed E-state index contributed by atoms with van der Waals surface area (Å²) in [4.78, 5) is 12.6. The molecular weight excluding hydrogens is 440 g/mol. The van der Waals surface area contributed by atoms with Crippen molar-refractivity contribution < 1.29 is 13.6 Å². The van der Waals surface area contributed by atoms with Gasteiger partial charge >= 0.3 is 0 Å². The number of ketones is 1. The number of hydrogen-bond donors (Lipinski definition) is 0.